The van der Waals surface area contributed by atoms with E-state index in [9.17, 15) is 18.0 Å². The van der Waals surface area contributed by atoms with Gasteiger partial charge in [-0.25, -0.2) is 8.42 Å². The number of benzene rings is 2. The molecule has 10 heteroatoms. The molecule has 1 heterocycles. The molecule has 0 radical (unpaired) electrons. The third-order valence-corrected chi connectivity index (χ3v) is 6.45. The lowest BCUT2D eigenvalue weighted by molar-refractivity contribution is -0.117. The Hall–Kier alpha value is -3.30. The van der Waals surface area contributed by atoms with E-state index in [1.807, 2.05) is 13.0 Å². The number of nitrogens with one attached hydrogen (secondary N) is 3. The first-order valence-electron chi connectivity index (χ1n) is 9.61. The highest BCUT2D eigenvalue weighted by atomic mass is 35.5. The fourth-order valence-electron chi connectivity index (χ4n) is 2.91. The number of hydrogen-bond donors (Lipinski definition) is 3. The minimum Gasteiger partial charge on any atom is -0.459 e. The summed E-state index contributed by atoms with van der Waals surface area (Å²) >= 11 is 6.14. The van der Waals surface area contributed by atoms with Gasteiger partial charge in [0.25, 0.3) is 15.9 Å². The van der Waals surface area contributed by atoms with E-state index in [1.165, 1.54) is 37.5 Å². The highest BCUT2D eigenvalue weighted by molar-refractivity contribution is 7.92. The van der Waals surface area contributed by atoms with E-state index in [4.69, 9.17) is 16.0 Å². The number of aryl methyl sites for hydroxylation is 2. The van der Waals surface area contributed by atoms with Crippen molar-refractivity contribution in [3.8, 4) is 0 Å². The Morgan fingerprint density at radius 3 is 2.47 bits per heavy atom. The van der Waals surface area contributed by atoms with E-state index in [-0.39, 0.29) is 21.4 Å². The van der Waals surface area contributed by atoms with Crippen LogP contribution in [0.25, 0.3) is 0 Å². The molecule has 0 aliphatic rings. The van der Waals surface area contributed by atoms with Crippen molar-refractivity contribution in [3.63, 3.8) is 0 Å². The van der Waals surface area contributed by atoms with Crippen LogP contribution in [0, 0.1) is 13.8 Å². The number of amides is 2. The Kier molecular flexibility index (Phi) is 6.90. The van der Waals surface area contributed by atoms with E-state index in [1.54, 1.807) is 25.1 Å². The average Bonchev–Trinajstić information content (AvgIpc) is 3.26. The maximum absolute atomic E-state index is 12.9. The minimum atomic E-state index is -4.02. The van der Waals surface area contributed by atoms with Gasteiger partial charge < -0.3 is 15.1 Å². The SMILES string of the molecule is Cc1ccc(NS(=O)(=O)c2cc(NC(=O)C(C)NC(=O)c3ccco3)ccc2Cl)c(C)c1. The molecule has 0 spiro atoms. The molecular weight excluding hydrogens is 454 g/mol. The molecular formula is C22H22ClN3O5S. The number of anilines is 2. The van der Waals surface area contributed by atoms with Crippen LogP contribution in [-0.4, -0.2) is 26.3 Å². The largest absolute Gasteiger partial charge is 0.459 e. The lowest BCUT2D eigenvalue weighted by Crippen LogP contribution is -2.41. The molecule has 1 unspecified atom stereocenters. The molecule has 2 aromatic carbocycles. The van der Waals surface area contributed by atoms with Gasteiger partial charge in [0.05, 0.1) is 17.0 Å². The molecule has 168 valence electrons. The van der Waals surface area contributed by atoms with Gasteiger partial charge in [0.1, 0.15) is 10.9 Å². The van der Waals surface area contributed by atoms with Gasteiger partial charge in [-0.05, 0) is 62.7 Å². The Balaban J connectivity index is 1.75. The Bertz CT molecular complexity index is 1260. The third kappa shape index (κ3) is 5.49. The fourth-order valence-corrected chi connectivity index (χ4v) is 4.56. The predicted octanol–water partition coefficient (Wildman–Crippen LogP) is 4.11. The van der Waals surface area contributed by atoms with Crippen molar-refractivity contribution in [1.82, 2.24) is 5.32 Å². The zero-order valence-corrected chi connectivity index (χ0v) is 19.2. The summed E-state index contributed by atoms with van der Waals surface area (Å²) in [6.07, 6.45) is 1.35. The summed E-state index contributed by atoms with van der Waals surface area (Å²) < 4.78 is 33.4. The van der Waals surface area contributed by atoms with E-state index >= 15 is 0 Å². The molecule has 1 atom stereocenters. The zero-order valence-electron chi connectivity index (χ0n) is 17.6. The van der Waals surface area contributed by atoms with Gasteiger partial charge in [-0.3, -0.25) is 14.3 Å². The first kappa shape index (κ1) is 23.4. The minimum absolute atomic E-state index is 0.000524. The number of carbonyl (C=O) groups excluding carboxylic acids is 2. The maximum atomic E-state index is 12.9. The zero-order chi connectivity index (χ0) is 23.5. The molecule has 3 aromatic rings. The van der Waals surface area contributed by atoms with Crippen molar-refractivity contribution < 1.29 is 22.4 Å². The van der Waals surface area contributed by atoms with Crippen molar-refractivity contribution in [2.45, 2.75) is 31.7 Å². The van der Waals surface area contributed by atoms with Gasteiger partial charge in [-0.1, -0.05) is 29.3 Å². The molecule has 0 bridgehead atoms. The van der Waals surface area contributed by atoms with Crippen LogP contribution in [0.2, 0.25) is 5.02 Å². The van der Waals surface area contributed by atoms with Crippen LogP contribution < -0.4 is 15.4 Å². The summed E-state index contributed by atoms with van der Waals surface area (Å²) in [5, 5.41) is 5.08. The van der Waals surface area contributed by atoms with E-state index < -0.39 is 27.9 Å². The van der Waals surface area contributed by atoms with Gasteiger partial charge in [0.2, 0.25) is 5.91 Å². The van der Waals surface area contributed by atoms with Crippen LogP contribution in [0.4, 0.5) is 11.4 Å². The monoisotopic (exact) mass is 475 g/mol. The molecule has 0 aliphatic carbocycles. The van der Waals surface area contributed by atoms with E-state index in [0.29, 0.717) is 5.69 Å². The lowest BCUT2D eigenvalue weighted by atomic mass is 10.1. The van der Waals surface area contributed by atoms with Gasteiger partial charge in [-0.15, -0.1) is 0 Å². The highest BCUT2D eigenvalue weighted by Crippen LogP contribution is 2.28. The van der Waals surface area contributed by atoms with E-state index in [0.717, 1.165) is 11.1 Å². The molecule has 0 fully saturated rings. The van der Waals surface area contributed by atoms with Crippen LogP contribution in [0.15, 0.2) is 64.1 Å². The van der Waals surface area contributed by atoms with Gasteiger partial charge in [-0.2, -0.15) is 0 Å². The first-order chi connectivity index (χ1) is 15.1. The average molecular weight is 476 g/mol. The molecule has 0 saturated heterocycles. The Labute approximate surface area is 191 Å². The number of carbonyl (C=O) groups is 2. The number of furan rings is 1. The van der Waals surface area contributed by atoms with Crippen molar-refractivity contribution >= 4 is 44.8 Å². The number of hydrogen-bond acceptors (Lipinski definition) is 5. The van der Waals surface area contributed by atoms with Gasteiger partial charge in [0, 0.05) is 5.69 Å². The second-order valence-corrected chi connectivity index (χ2v) is 9.29. The van der Waals surface area contributed by atoms with Gasteiger partial charge in [0.15, 0.2) is 5.76 Å². The summed E-state index contributed by atoms with van der Waals surface area (Å²) in [5.74, 6) is -1.02. The fraction of sp³-hybridized carbons (Fsp3) is 0.182. The van der Waals surface area contributed by atoms with Crippen molar-refractivity contribution in [2.24, 2.45) is 0 Å². The summed E-state index contributed by atoms with van der Waals surface area (Å²) in [6.45, 7) is 5.19. The third-order valence-electron chi connectivity index (χ3n) is 4.60. The molecule has 0 aliphatic heterocycles. The standard InChI is InChI=1S/C22H22ClN3O5S/c1-13-6-9-18(14(2)11-13)26-32(29,30)20-12-16(7-8-17(20)23)25-21(27)15(3)24-22(28)19-5-4-10-31-19/h4-12,15,26H,1-3H3,(H,24,28)(H,25,27). The number of halogens is 1. The predicted molar refractivity (Wildman–Crippen MR) is 122 cm³/mol. The quantitative estimate of drug-likeness (QED) is 0.475. The lowest BCUT2D eigenvalue weighted by Gasteiger charge is -2.15. The van der Waals surface area contributed by atoms with Crippen LogP contribution in [0.1, 0.15) is 28.6 Å². The molecule has 1 aromatic heterocycles. The van der Waals surface area contributed by atoms with E-state index in [2.05, 4.69) is 15.4 Å². The molecule has 32 heavy (non-hydrogen) atoms. The van der Waals surface area contributed by atoms with Crippen LogP contribution in [0.3, 0.4) is 0 Å². The molecule has 3 rings (SSSR count). The summed E-state index contributed by atoms with van der Waals surface area (Å²) in [5.41, 5.74) is 2.39. The Morgan fingerprint density at radius 1 is 1.06 bits per heavy atom. The Morgan fingerprint density at radius 2 is 1.81 bits per heavy atom. The van der Waals surface area contributed by atoms with Crippen LogP contribution in [0.5, 0.6) is 0 Å². The normalized spacial score (nSPS) is 12.1. The molecule has 2 amide bonds. The summed E-state index contributed by atoms with van der Waals surface area (Å²) in [4.78, 5) is 24.3. The van der Waals surface area contributed by atoms with Crippen LogP contribution >= 0.6 is 11.6 Å². The highest BCUT2D eigenvalue weighted by Gasteiger charge is 2.22. The summed E-state index contributed by atoms with van der Waals surface area (Å²) in [7, 11) is -4.02. The van der Waals surface area contributed by atoms with Crippen molar-refractivity contribution in [1.29, 1.82) is 0 Å². The first-order valence-corrected chi connectivity index (χ1v) is 11.5. The summed E-state index contributed by atoms with van der Waals surface area (Å²) in [6, 6.07) is 11.5. The maximum Gasteiger partial charge on any atom is 0.287 e. The second kappa shape index (κ2) is 9.46. The van der Waals surface area contributed by atoms with Crippen LogP contribution in [-0.2, 0) is 14.8 Å². The molecule has 3 N–H and O–H groups in total. The number of rotatable bonds is 7. The van der Waals surface area contributed by atoms with Gasteiger partial charge >= 0.3 is 0 Å². The van der Waals surface area contributed by atoms with Crippen molar-refractivity contribution in [3.05, 3.63) is 76.7 Å². The topological polar surface area (TPSA) is 118 Å². The molecule has 8 nitrogen and oxygen atoms in total. The smallest absolute Gasteiger partial charge is 0.287 e. The second-order valence-electron chi connectivity index (χ2n) is 7.23. The number of sulfonamides is 1. The van der Waals surface area contributed by atoms with Crippen molar-refractivity contribution in [2.75, 3.05) is 10.0 Å². The molecule has 0 saturated carbocycles.